The third-order valence-corrected chi connectivity index (χ3v) is 5.67. The molecule has 0 spiro atoms. The van der Waals surface area contributed by atoms with E-state index in [-0.39, 0.29) is 30.0 Å². The lowest BCUT2D eigenvalue weighted by Gasteiger charge is -2.27. The fourth-order valence-corrected chi connectivity index (χ4v) is 4.19. The number of aromatic nitrogens is 1. The summed E-state index contributed by atoms with van der Waals surface area (Å²) in [4.78, 5) is 17.1. The van der Waals surface area contributed by atoms with Crippen LogP contribution in [0.1, 0.15) is 24.3 Å². The minimum absolute atomic E-state index is 0.0261. The SMILES string of the molecule is Nc1cncc([C@@H]2[C@@H](C(=O)Nc3ccc(Cl)c(Cl)c3)[C@H]3CC[C@@H]2O3)c1. The van der Waals surface area contributed by atoms with E-state index in [1.165, 1.54) is 0 Å². The fraction of sp³-hybridized carbons (Fsp3) is 0.333. The molecule has 3 heterocycles. The van der Waals surface area contributed by atoms with Crippen molar-refractivity contribution in [2.75, 3.05) is 11.1 Å². The van der Waals surface area contributed by atoms with E-state index in [4.69, 9.17) is 33.7 Å². The van der Waals surface area contributed by atoms with Gasteiger partial charge in [-0.25, -0.2) is 0 Å². The first-order chi connectivity index (χ1) is 12.0. The Bertz CT molecular complexity index is 830. The van der Waals surface area contributed by atoms with Crippen LogP contribution in [0.5, 0.6) is 0 Å². The van der Waals surface area contributed by atoms with Gasteiger partial charge in [-0.05, 0) is 42.7 Å². The first-order valence-electron chi connectivity index (χ1n) is 8.15. The molecule has 2 aliphatic heterocycles. The van der Waals surface area contributed by atoms with Gasteiger partial charge in [0.05, 0.1) is 33.9 Å². The lowest BCUT2D eigenvalue weighted by molar-refractivity contribution is -0.121. The van der Waals surface area contributed by atoms with E-state index in [2.05, 4.69) is 10.3 Å². The molecule has 0 unspecified atom stereocenters. The van der Waals surface area contributed by atoms with Crippen LogP contribution in [0.15, 0.2) is 36.7 Å². The number of nitrogens with two attached hydrogens (primary N) is 1. The quantitative estimate of drug-likeness (QED) is 0.850. The average molecular weight is 378 g/mol. The maximum Gasteiger partial charge on any atom is 0.230 e. The van der Waals surface area contributed by atoms with Crippen LogP contribution in [0.25, 0.3) is 0 Å². The number of carbonyl (C=O) groups excluding carboxylic acids is 1. The molecular weight excluding hydrogens is 361 g/mol. The molecular formula is C18H17Cl2N3O2. The number of nitrogen functional groups attached to an aromatic ring is 1. The number of halogens is 2. The molecule has 7 heteroatoms. The number of nitrogens with zero attached hydrogens (tertiary/aromatic N) is 1. The van der Waals surface area contributed by atoms with Crippen molar-refractivity contribution in [2.24, 2.45) is 5.92 Å². The zero-order valence-corrected chi connectivity index (χ0v) is 14.8. The van der Waals surface area contributed by atoms with E-state index in [0.29, 0.717) is 21.4 Å². The van der Waals surface area contributed by atoms with Crippen LogP contribution < -0.4 is 11.1 Å². The molecule has 5 nitrogen and oxygen atoms in total. The van der Waals surface area contributed by atoms with Crippen molar-refractivity contribution in [1.82, 2.24) is 4.98 Å². The van der Waals surface area contributed by atoms with Crippen LogP contribution in [0.2, 0.25) is 10.0 Å². The van der Waals surface area contributed by atoms with E-state index in [9.17, 15) is 4.79 Å². The summed E-state index contributed by atoms with van der Waals surface area (Å²) in [5, 5.41) is 3.79. The van der Waals surface area contributed by atoms with Gasteiger partial charge in [-0.1, -0.05) is 23.2 Å². The summed E-state index contributed by atoms with van der Waals surface area (Å²) in [6, 6.07) is 6.92. The van der Waals surface area contributed by atoms with Gasteiger partial charge >= 0.3 is 0 Å². The Balaban J connectivity index is 1.60. The van der Waals surface area contributed by atoms with Crippen LogP contribution in [-0.2, 0) is 9.53 Å². The molecule has 25 heavy (non-hydrogen) atoms. The van der Waals surface area contributed by atoms with Gasteiger partial charge in [0, 0.05) is 24.0 Å². The second-order valence-electron chi connectivity index (χ2n) is 6.51. The number of ether oxygens (including phenoxy) is 1. The molecule has 130 valence electrons. The number of pyridine rings is 1. The molecule has 4 rings (SSSR count). The Hall–Kier alpha value is -1.82. The van der Waals surface area contributed by atoms with Crippen molar-refractivity contribution < 1.29 is 9.53 Å². The Morgan fingerprint density at radius 3 is 2.72 bits per heavy atom. The number of anilines is 2. The third-order valence-electron chi connectivity index (χ3n) is 4.93. The molecule has 3 N–H and O–H groups in total. The smallest absolute Gasteiger partial charge is 0.230 e. The van der Waals surface area contributed by atoms with Crippen molar-refractivity contribution in [3.05, 3.63) is 52.3 Å². The van der Waals surface area contributed by atoms with Gasteiger partial charge in [0.15, 0.2) is 0 Å². The van der Waals surface area contributed by atoms with E-state index in [0.717, 1.165) is 18.4 Å². The van der Waals surface area contributed by atoms with Gasteiger partial charge < -0.3 is 15.8 Å². The summed E-state index contributed by atoms with van der Waals surface area (Å²) in [5.74, 6) is -0.410. The summed E-state index contributed by atoms with van der Waals surface area (Å²) in [7, 11) is 0. The summed E-state index contributed by atoms with van der Waals surface area (Å²) in [5.41, 5.74) is 8.02. The highest BCUT2D eigenvalue weighted by Gasteiger charge is 2.52. The van der Waals surface area contributed by atoms with Crippen LogP contribution >= 0.6 is 23.2 Å². The number of hydrogen-bond acceptors (Lipinski definition) is 4. The van der Waals surface area contributed by atoms with Crippen LogP contribution in [0.4, 0.5) is 11.4 Å². The Morgan fingerprint density at radius 1 is 1.16 bits per heavy atom. The molecule has 1 amide bonds. The average Bonchev–Trinajstić information content (AvgIpc) is 3.19. The lowest BCUT2D eigenvalue weighted by atomic mass is 9.75. The highest BCUT2D eigenvalue weighted by Crippen LogP contribution is 2.49. The number of amides is 1. The van der Waals surface area contributed by atoms with E-state index in [1.54, 1.807) is 30.6 Å². The van der Waals surface area contributed by atoms with Gasteiger partial charge in [0.1, 0.15) is 0 Å². The highest BCUT2D eigenvalue weighted by atomic mass is 35.5. The first kappa shape index (κ1) is 16.6. The number of hydrogen-bond donors (Lipinski definition) is 2. The normalized spacial score (nSPS) is 27.4. The minimum Gasteiger partial charge on any atom is -0.397 e. The molecule has 0 radical (unpaired) electrons. The minimum atomic E-state index is -0.281. The molecule has 2 aromatic rings. The van der Waals surface area contributed by atoms with Crippen molar-refractivity contribution in [3.63, 3.8) is 0 Å². The molecule has 2 saturated heterocycles. The summed E-state index contributed by atoms with van der Waals surface area (Å²) in [6.07, 6.45) is 5.14. The van der Waals surface area contributed by atoms with Crippen LogP contribution in [-0.4, -0.2) is 23.1 Å². The number of benzene rings is 1. The Kier molecular flexibility index (Phi) is 4.31. The van der Waals surface area contributed by atoms with Crippen molar-refractivity contribution >= 4 is 40.5 Å². The maximum atomic E-state index is 13.0. The second-order valence-corrected chi connectivity index (χ2v) is 7.33. The summed E-state index contributed by atoms with van der Waals surface area (Å²) in [6.45, 7) is 0. The van der Waals surface area contributed by atoms with Gasteiger partial charge in [-0.15, -0.1) is 0 Å². The van der Waals surface area contributed by atoms with Crippen LogP contribution in [0.3, 0.4) is 0 Å². The van der Waals surface area contributed by atoms with Crippen LogP contribution in [0, 0.1) is 5.92 Å². The number of carbonyl (C=O) groups is 1. The van der Waals surface area contributed by atoms with Crippen molar-refractivity contribution in [1.29, 1.82) is 0 Å². The fourth-order valence-electron chi connectivity index (χ4n) is 3.89. The van der Waals surface area contributed by atoms with Gasteiger partial charge in [-0.2, -0.15) is 0 Å². The number of fused-ring (bicyclic) bond motifs is 2. The molecule has 1 aromatic heterocycles. The lowest BCUT2D eigenvalue weighted by Crippen LogP contribution is -2.36. The van der Waals surface area contributed by atoms with Crippen molar-refractivity contribution in [2.45, 2.75) is 31.0 Å². The third kappa shape index (κ3) is 3.08. The second kappa shape index (κ2) is 6.48. The molecule has 1 aromatic carbocycles. The Morgan fingerprint density at radius 2 is 1.96 bits per heavy atom. The number of nitrogens with one attached hydrogen (secondary N) is 1. The monoisotopic (exact) mass is 377 g/mol. The summed E-state index contributed by atoms with van der Waals surface area (Å²) < 4.78 is 6.02. The largest absolute Gasteiger partial charge is 0.397 e. The molecule has 0 saturated carbocycles. The zero-order chi connectivity index (χ0) is 17.6. The first-order valence-corrected chi connectivity index (χ1v) is 8.90. The van der Waals surface area contributed by atoms with E-state index >= 15 is 0 Å². The van der Waals surface area contributed by atoms with E-state index in [1.807, 2.05) is 6.07 Å². The van der Waals surface area contributed by atoms with Gasteiger partial charge in [-0.3, -0.25) is 9.78 Å². The zero-order valence-electron chi connectivity index (χ0n) is 13.3. The summed E-state index contributed by atoms with van der Waals surface area (Å²) >= 11 is 12.0. The highest BCUT2D eigenvalue weighted by molar-refractivity contribution is 6.42. The predicted molar refractivity (Wildman–Crippen MR) is 97.9 cm³/mol. The van der Waals surface area contributed by atoms with Crippen molar-refractivity contribution in [3.8, 4) is 0 Å². The predicted octanol–water partition coefficient (Wildman–Crippen LogP) is 3.87. The number of rotatable bonds is 3. The maximum absolute atomic E-state index is 13.0. The van der Waals surface area contributed by atoms with Gasteiger partial charge in [0.2, 0.25) is 5.91 Å². The topological polar surface area (TPSA) is 77.2 Å². The van der Waals surface area contributed by atoms with Gasteiger partial charge in [0.25, 0.3) is 0 Å². The molecule has 2 fully saturated rings. The molecule has 2 bridgehead atoms. The van der Waals surface area contributed by atoms with E-state index < -0.39 is 0 Å². The molecule has 4 atom stereocenters. The standard InChI is InChI=1S/C18H17Cl2N3O2/c19-12-2-1-11(6-13(12)20)23-18(24)17-15-4-3-14(25-15)16(17)9-5-10(21)8-22-7-9/h1-2,5-8,14-17H,3-4,21H2,(H,23,24)/t14-,15+,16-,17-/m0/s1. The molecule has 2 aliphatic rings. The molecule has 0 aliphatic carbocycles. The Labute approximate surface area is 155 Å².